The average Bonchev–Trinajstić information content (AvgIpc) is 4.03. The van der Waals surface area contributed by atoms with E-state index < -0.39 is 5.91 Å². The van der Waals surface area contributed by atoms with Gasteiger partial charge in [-0.2, -0.15) is 0 Å². The molecule has 4 aliphatic rings. The quantitative estimate of drug-likeness (QED) is 0.167. The Morgan fingerprint density at radius 1 is 0.661 bits per heavy atom. The van der Waals surface area contributed by atoms with Crippen molar-refractivity contribution in [1.82, 2.24) is 60.2 Å². The third-order valence-electron chi connectivity index (χ3n) is 13.5. The average molecular weight is 852 g/mol. The zero-order valence-electron chi connectivity index (χ0n) is 36.6. The summed E-state index contributed by atoms with van der Waals surface area (Å²) in [5.41, 5.74) is 8.70. The van der Waals surface area contributed by atoms with Crippen molar-refractivity contribution in [2.75, 3.05) is 47.9 Å². The predicted octanol–water partition coefficient (Wildman–Crippen LogP) is 3.19. The molecule has 2 aromatic carbocycles. The van der Waals surface area contributed by atoms with Gasteiger partial charge < -0.3 is 30.9 Å². The number of hydrogen-bond donors (Lipinski definition) is 3. The fourth-order valence-corrected chi connectivity index (χ4v) is 10.0. The van der Waals surface area contributed by atoms with Gasteiger partial charge in [-0.25, -0.2) is 19.0 Å². The summed E-state index contributed by atoms with van der Waals surface area (Å²) in [4.78, 5) is 56.3. The number of benzene rings is 2. The van der Waals surface area contributed by atoms with Crippen LogP contribution in [0.15, 0.2) is 73.1 Å². The number of primary amides is 1. The van der Waals surface area contributed by atoms with Crippen LogP contribution in [0.2, 0.25) is 0 Å². The van der Waals surface area contributed by atoms with Crippen molar-refractivity contribution in [3.05, 3.63) is 95.6 Å². The van der Waals surface area contributed by atoms with Crippen molar-refractivity contribution >= 4 is 23.9 Å². The maximum absolute atomic E-state index is 12.8. The van der Waals surface area contributed by atoms with Gasteiger partial charge in [-0.3, -0.25) is 19.4 Å². The highest BCUT2D eigenvalue weighted by Crippen LogP contribution is 2.47. The van der Waals surface area contributed by atoms with Crippen LogP contribution in [-0.2, 0) is 51.6 Å². The van der Waals surface area contributed by atoms with E-state index in [2.05, 4.69) is 124 Å². The smallest absolute Gasteiger partial charge is 0.327 e. The maximum Gasteiger partial charge on any atom is 0.327 e. The first-order valence-electron chi connectivity index (χ1n) is 21.5. The fourth-order valence-electron chi connectivity index (χ4n) is 10.0. The molecule has 0 radical (unpaired) electrons. The van der Waals surface area contributed by atoms with Crippen LogP contribution in [0.5, 0.6) is 0 Å². The molecular weight excluding hydrogens is 791 g/mol. The number of nitrogens with zero attached hydrogens (tertiary/aromatic N) is 10. The lowest BCUT2D eigenvalue weighted by Crippen LogP contribution is -2.54. The van der Waals surface area contributed by atoms with Crippen molar-refractivity contribution in [2.24, 2.45) is 5.73 Å². The molecule has 18 heteroatoms. The van der Waals surface area contributed by atoms with Gasteiger partial charge in [-0.05, 0) is 97.6 Å². The molecule has 2 aliphatic carbocycles. The fraction of sp³-hybridized carbons (Fsp3) is 0.545. The number of aromatic nitrogens is 6. The van der Waals surface area contributed by atoms with Crippen LogP contribution in [0.1, 0.15) is 80.8 Å². The summed E-state index contributed by atoms with van der Waals surface area (Å²) < 4.78 is 7.78. The largest absolute Gasteiger partial charge is 0.465 e. The van der Waals surface area contributed by atoms with Gasteiger partial charge in [-0.15, -0.1) is 10.2 Å². The molecular formula is C44H61N13O5. The summed E-state index contributed by atoms with van der Waals surface area (Å²) >= 11 is 0. The van der Waals surface area contributed by atoms with Crippen LogP contribution in [0.25, 0.3) is 0 Å². The molecule has 2 saturated heterocycles. The highest BCUT2D eigenvalue weighted by molar-refractivity contribution is 5.78. The Morgan fingerprint density at radius 2 is 1.06 bits per heavy atom. The van der Waals surface area contributed by atoms with Gasteiger partial charge in [0.15, 0.2) is 0 Å². The lowest BCUT2D eigenvalue weighted by molar-refractivity contribution is -0.144. The second-order valence-electron chi connectivity index (χ2n) is 17.8. The molecule has 2 spiro atoms. The number of carbonyl (C=O) groups is 4. The Labute approximate surface area is 363 Å². The molecule has 2 aromatic heterocycles. The number of hydrogen-bond acceptors (Lipinski definition) is 11. The van der Waals surface area contributed by atoms with Gasteiger partial charge in [0.05, 0.1) is 43.2 Å². The Balaban J connectivity index is 0.000000187. The van der Waals surface area contributed by atoms with E-state index in [1.165, 1.54) is 20.5 Å². The van der Waals surface area contributed by atoms with Crippen molar-refractivity contribution < 1.29 is 23.9 Å². The number of nitrogens with two attached hydrogens (primary N) is 1. The lowest BCUT2D eigenvalue weighted by atomic mass is 9.69. The molecule has 4 aromatic rings. The van der Waals surface area contributed by atoms with E-state index in [9.17, 15) is 19.2 Å². The molecule has 8 rings (SSSR count). The van der Waals surface area contributed by atoms with E-state index in [0.717, 1.165) is 51.4 Å². The Kier molecular flexibility index (Phi) is 13.0. The molecule has 62 heavy (non-hydrogen) atoms. The number of esters is 1. The molecule has 0 bridgehead atoms. The van der Waals surface area contributed by atoms with Crippen LogP contribution < -0.4 is 16.4 Å². The van der Waals surface area contributed by atoms with Crippen LogP contribution in [-0.4, -0.2) is 132 Å². The minimum absolute atomic E-state index is 0.0118. The summed E-state index contributed by atoms with van der Waals surface area (Å²) in [6.45, 7) is 4.12. The number of carbonyl (C=O) groups excluding carboxylic acids is 4. The minimum atomic E-state index is -0.477. The van der Waals surface area contributed by atoms with Gasteiger partial charge in [-0.1, -0.05) is 71.1 Å². The predicted molar refractivity (Wildman–Crippen MR) is 230 cm³/mol. The normalized spacial score (nSPS) is 25.9. The molecule has 0 atom stereocenters. The summed E-state index contributed by atoms with van der Waals surface area (Å²) in [5, 5.41) is 22.6. The summed E-state index contributed by atoms with van der Waals surface area (Å²) in [5.74, 6) is -0.832. The van der Waals surface area contributed by atoms with E-state index in [1.54, 1.807) is 29.1 Å². The van der Waals surface area contributed by atoms with E-state index in [0.29, 0.717) is 44.2 Å². The topological polar surface area (TPSA) is 202 Å². The molecule has 332 valence electrons. The molecule has 4 fully saturated rings. The number of rotatable bonds is 13. The summed E-state index contributed by atoms with van der Waals surface area (Å²) in [6, 6.07) is 21.1. The first-order valence-corrected chi connectivity index (χ1v) is 21.5. The molecule has 2 saturated carbocycles. The molecule has 5 amide bonds. The highest BCUT2D eigenvalue weighted by atomic mass is 16.5. The SMILES string of the molecule is CCOC(=O)Cn1cc(CN2CC3(CCC(c4ccccc4)(N(C)C)CC3)NC2=O)nn1.CN(C)C1(c2ccccc2)CCC2(CC1)CN(Cc1cn(CC(N)=O)nn1)C(=O)N2. The first-order chi connectivity index (χ1) is 29.7. The maximum atomic E-state index is 12.8. The van der Waals surface area contributed by atoms with E-state index in [4.69, 9.17) is 10.5 Å². The van der Waals surface area contributed by atoms with Gasteiger partial charge in [0.2, 0.25) is 5.91 Å². The first kappa shape index (κ1) is 44.2. The Bertz CT molecular complexity index is 2170. The van der Waals surface area contributed by atoms with Crippen molar-refractivity contribution in [2.45, 2.75) is 107 Å². The van der Waals surface area contributed by atoms with Gasteiger partial charge >= 0.3 is 18.0 Å². The van der Waals surface area contributed by atoms with Gasteiger partial charge in [0.1, 0.15) is 24.5 Å². The number of ether oxygens (including phenoxy) is 1. The standard InChI is InChI=1S/C23H32N6O3.C21H29N7O2/c1-4-32-20(30)16-29-15-19(25-26-29)14-28-17-22(24-21(28)31)10-12-23(13-11-22,27(2)3)18-8-6-5-7-9-18;1-26(2)21(16-6-4-3-5-7-16)10-8-20(9-11-21)15-27(19(30)23-20)12-17-13-28(25-24-17)14-18(22)29/h5-9,15H,4,10-14,16-17H2,1-3H3,(H,24,31);3-7,13H,8-12,14-15H2,1-2H3,(H2,22,29)(H,23,30). The Hall–Kier alpha value is -5.88. The van der Waals surface area contributed by atoms with Crippen molar-refractivity contribution in [3.8, 4) is 0 Å². The van der Waals surface area contributed by atoms with Gasteiger partial charge in [0.25, 0.3) is 0 Å². The zero-order valence-corrected chi connectivity index (χ0v) is 36.6. The van der Waals surface area contributed by atoms with Crippen molar-refractivity contribution in [3.63, 3.8) is 0 Å². The second kappa shape index (κ2) is 18.2. The van der Waals surface area contributed by atoms with Crippen LogP contribution in [0.3, 0.4) is 0 Å². The Morgan fingerprint density at radius 3 is 1.44 bits per heavy atom. The summed E-state index contributed by atoms with van der Waals surface area (Å²) in [6.07, 6.45) is 10.9. The highest BCUT2D eigenvalue weighted by Gasteiger charge is 2.51. The van der Waals surface area contributed by atoms with E-state index in [-0.39, 0.29) is 53.3 Å². The molecule has 18 nitrogen and oxygen atoms in total. The minimum Gasteiger partial charge on any atom is -0.465 e. The second-order valence-corrected chi connectivity index (χ2v) is 17.8. The lowest BCUT2D eigenvalue weighted by Gasteiger charge is -2.48. The number of nitrogens with one attached hydrogen (secondary N) is 2. The van der Waals surface area contributed by atoms with E-state index in [1.807, 2.05) is 6.07 Å². The molecule has 0 unspecified atom stereocenters. The zero-order chi connectivity index (χ0) is 44.1. The third kappa shape index (κ3) is 9.45. The summed E-state index contributed by atoms with van der Waals surface area (Å²) in [7, 11) is 8.56. The van der Waals surface area contributed by atoms with Crippen LogP contribution in [0, 0.1) is 0 Å². The molecule has 4 N–H and O–H groups in total. The van der Waals surface area contributed by atoms with Gasteiger partial charge in [0, 0.05) is 24.2 Å². The van der Waals surface area contributed by atoms with Crippen molar-refractivity contribution in [1.29, 1.82) is 0 Å². The van der Waals surface area contributed by atoms with Crippen LogP contribution in [0.4, 0.5) is 9.59 Å². The molecule has 4 heterocycles. The third-order valence-corrected chi connectivity index (χ3v) is 13.5. The number of urea groups is 2. The van der Waals surface area contributed by atoms with Crippen LogP contribution >= 0.6 is 0 Å². The molecule has 2 aliphatic heterocycles. The monoisotopic (exact) mass is 851 g/mol. The number of amides is 5. The van der Waals surface area contributed by atoms with E-state index >= 15 is 0 Å².